The number of rotatable bonds is 2. The van der Waals surface area contributed by atoms with Gasteiger partial charge in [-0.3, -0.25) is 4.99 Å². The maximum Gasteiger partial charge on any atom is 0.0488 e. The van der Waals surface area contributed by atoms with Gasteiger partial charge in [0.15, 0.2) is 0 Å². The van der Waals surface area contributed by atoms with Crippen LogP contribution < -0.4 is 0 Å². The van der Waals surface area contributed by atoms with E-state index in [1.54, 1.807) is 0 Å². The van der Waals surface area contributed by atoms with Crippen LogP contribution in [0.5, 0.6) is 0 Å². The molecule has 1 heteroatoms. The number of benzene rings is 1. The average molecular weight is 197 g/mol. The highest BCUT2D eigenvalue weighted by Gasteiger charge is 2.13. The van der Waals surface area contributed by atoms with E-state index >= 15 is 0 Å². The summed E-state index contributed by atoms with van der Waals surface area (Å²) in [4.78, 5) is 4.41. The lowest BCUT2D eigenvalue weighted by molar-refractivity contribution is 0.866. The first-order valence-electron chi connectivity index (χ1n) is 5.27. The summed E-state index contributed by atoms with van der Waals surface area (Å²) in [6.45, 7) is 0. The highest BCUT2D eigenvalue weighted by Crippen LogP contribution is 2.18. The summed E-state index contributed by atoms with van der Waals surface area (Å²) in [6.07, 6.45) is 9.66. The van der Waals surface area contributed by atoms with E-state index in [-0.39, 0.29) is 0 Å². The van der Waals surface area contributed by atoms with E-state index in [0.717, 1.165) is 6.42 Å². The molecule has 76 valence electrons. The third-order valence-corrected chi connectivity index (χ3v) is 2.64. The van der Waals surface area contributed by atoms with Gasteiger partial charge >= 0.3 is 0 Å². The largest absolute Gasteiger partial charge is 0.292 e. The molecule has 15 heavy (non-hydrogen) atoms. The first-order chi connectivity index (χ1) is 7.42. The van der Waals surface area contributed by atoms with Gasteiger partial charge in [-0.2, -0.15) is 0 Å². The number of nitrogens with zero attached hydrogens (tertiary/aromatic N) is 1. The van der Waals surface area contributed by atoms with Gasteiger partial charge in [0, 0.05) is 18.7 Å². The van der Waals surface area contributed by atoms with Crippen molar-refractivity contribution in [3.05, 3.63) is 60.2 Å². The highest BCUT2D eigenvalue weighted by atomic mass is 14.7. The Labute approximate surface area is 90.9 Å². The van der Waals surface area contributed by atoms with Gasteiger partial charge in [-0.1, -0.05) is 54.6 Å². The van der Waals surface area contributed by atoms with Crippen LogP contribution in [0.2, 0.25) is 0 Å². The molecule has 0 heterocycles. The molecule has 1 aliphatic carbocycles. The molecule has 0 saturated carbocycles. The molecule has 0 N–H and O–H groups in total. The molecule has 0 saturated heterocycles. The van der Waals surface area contributed by atoms with Gasteiger partial charge in [0.2, 0.25) is 0 Å². The summed E-state index contributed by atoms with van der Waals surface area (Å²) < 4.78 is 0. The maximum absolute atomic E-state index is 4.41. The van der Waals surface area contributed by atoms with Gasteiger partial charge < -0.3 is 0 Å². The monoisotopic (exact) mass is 197 g/mol. The van der Waals surface area contributed by atoms with Gasteiger partial charge in [0.05, 0.1) is 0 Å². The molecule has 0 bridgehead atoms. The second-order valence-electron chi connectivity index (χ2n) is 3.63. The van der Waals surface area contributed by atoms with E-state index in [9.17, 15) is 0 Å². The molecule has 1 unspecified atom stereocenters. The number of hydrogen-bond acceptors (Lipinski definition) is 1. The van der Waals surface area contributed by atoms with E-state index in [4.69, 9.17) is 0 Å². The summed E-state index contributed by atoms with van der Waals surface area (Å²) in [5, 5.41) is 0. The molecule has 0 aromatic heterocycles. The first kappa shape index (κ1) is 9.91. The van der Waals surface area contributed by atoms with E-state index in [1.165, 1.54) is 11.3 Å². The third-order valence-electron chi connectivity index (χ3n) is 2.64. The van der Waals surface area contributed by atoms with Crippen molar-refractivity contribution in [1.29, 1.82) is 0 Å². The van der Waals surface area contributed by atoms with Crippen molar-refractivity contribution in [3.63, 3.8) is 0 Å². The number of hydrogen-bond donors (Lipinski definition) is 0. The molecule has 0 aliphatic heterocycles. The minimum atomic E-state index is 0.433. The summed E-state index contributed by atoms with van der Waals surface area (Å²) >= 11 is 0. The van der Waals surface area contributed by atoms with E-state index < -0.39 is 0 Å². The Morgan fingerprint density at radius 1 is 1.20 bits per heavy atom. The van der Waals surface area contributed by atoms with Crippen molar-refractivity contribution in [1.82, 2.24) is 0 Å². The molecular formula is C14H15N. The van der Waals surface area contributed by atoms with Crippen LogP contribution in [-0.4, -0.2) is 12.8 Å². The summed E-state index contributed by atoms with van der Waals surface area (Å²) in [6, 6.07) is 10.4. The Bertz CT molecular complexity index is 399. The predicted molar refractivity (Wildman–Crippen MR) is 65.3 cm³/mol. The van der Waals surface area contributed by atoms with Crippen LogP contribution >= 0.6 is 0 Å². The van der Waals surface area contributed by atoms with Crippen molar-refractivity contribution < 1.29 is 0 Å². The molecular weight excluding hydrogens is 182 g/mol. The normalized spacial score (nSPS) is 20.6. The molecule has 1 aromatic rings. The molecule has 1 aromatic carbocycles. The Balaban J connectivity index is 2.26. The zero-order valence-electron chi connectivity index (χ0n) is 8.93. The molecule has 0 fully saturated rings. The third kappa shape index (κ3) is 2.24. The Morgan fingerprint density at radius 2 is 2.00 bits per heavy atom. The smallest absolute Gasteiger partial charge is 0.0488 e. The number of allylic oxidation sites excluding steroid dienone is 4. The fourth-order valence-electron chi connectivity index (χ4n) is 1.90. The standard InChI is InChI=1S/C14H15N/c1-15-14(12-8-4-2-5-9-12)13-10-6-3-7-11-13/h2-10,13H,11H2,1H3/b15-14+. The minimum Gasteiger partial charge on any atom is -0.292 e. The van der Waals surface area contributed by atoms with Crippen LogP contribution in [-0.2, 0) is 0 Å². The average Bonchev–Trinajstić information content (AvgIpc) is 2.33. The van der Waals surface area contributed by atoms with E-state index in [1.807, 2.05) is 13.1 Å². The summed E-state index contributed by atoms with van der Waals surface area (Å²) in [5.41, 5.74) is 2.40. The molecule has 0 radical (unpaired) electrons. The molecule has 0 spiro atoms. The SMILES string of the molecule is C/N=C(\c1ccccc1)C1C=CC=CC1. The Hall–Kier alpha value is -1.63. The highest BCUT2D eigenvalue weighted by molar-refractivity contribution is 6.03. The summed E-state index contributed by atoms with van der Waals surface area (Å²) in [7, 11) is 1.87. The fraction of sp³-hybridized carbons (Fsp3) is 0.214. The molecule has 2 rings (SSSR count). The van der Waals surface area contributed by atoms with Crippen molar-refractivity contribution in [2.24, 2.45) is 10.9 Å². The molecule has 0 amide bonds. The predicted octanol–water partition coefficient (Wildman–Crippen LogP) is 3.24. The van der Waals surface area contributed by atoms with Crippen LogP contribution in [0.4, 0.5) is 0 Å². The van der Waals surface area contributed by atoms with Gasteiger partial charge in [0.25, 0.3) is 0 Å². The van der Waals surface area contributed by atoms with Crippen molar-refractivity contribution >= 4 is 5.71 Å². The summed E-state index contributed by atoms with van der Waals surface area (Å²) in [5.74, 6) is 0.433. The van der Waals surface area contributed by atoms with E-state index in [2.05, 4.69) is 53.6 Å². The number of aliphatic imine (C=N–C) groups is 1. The lowest BCUT2D eigenvalue weighted by atomic mass is 9.91. The van der Waals surface area contributed by atoms with Crippen molar-refractivity contribution in [3.8, 4) is 0 Å². The zero-order valence-corrected chi connectivity index (χ0v) is 8.93. The van der Waals surface area contributed by atoms with Crippen LogP contribution in [0.25, 0.3) is 0 Å². The molecule has 1 nitrogen and oxygen atoms in total. The van der Waals surface area contributed by atoms with Crippen LogP contribution in [0.15, 0.2) is 59.6 Å². The van der Waals surface area contributed by atoms with Crippen LogP contribution in [0.3, 0.4) is 0 Å². The molecule has 1 atom stereocenters. The fourth-order valence-corrected chi connectivity index (χ4v) is 1.90. The minimum absolute atomic E-state index is 0.433. The van der Waals surface area contributed by atoms with Gasteiger partial charge in [-0.15, -0.1) is 0 Å². The van der Waals surface area contributed by atoms with Crippen LogP contribution in [0, 0.1) is 5.92 Å². The van der Waals surface area contributed by atoms with Gasteiger partial charge in [-0.05, 0) is 12.0 Å². The van der Waals surface area contributed by atoms with E-state index in [0.29, 0.717) is 5.92 Å². The Kier molecular flexibility index (Phi) is 3.13. The lowest BCUT2D eigenvalue weighted by Crippen LogP contribution is -2.14. The zero-order chi connectivity index (χ0) is 10.5. The topological polar surface area (TPSA) is 12.4 Å². The maximum atomic E-state index is 4.41. The van der Waals surface area contributed by atoms with Gasteiger partial charge in [0.1, 0.15) is 0 Å². The lowest BCUT2D eigenvalue weighted by Gasteiger charge is -2.15. The quantitative estimate of drug-likeness (QED) is 0.645. The second kappa shape index (κ2) is 4.74. The Morgan fingerprint density at radius 3 is 2.60 bits per heavy atom. The first-order valence-corrected chi connectivity index (χ1v) is 5.27. The van der Waals surface area contributed by atoms with Crippen molar-refractivity contribution in [2.45, 2.75) is 6.42 Å². The van der Waals surface area contributed by atoms with Gasteiger partial charge in [-0.25, -0.2) is 0 Å². The molecule has 1 aliphatic rings. The van der Waals surface area contributed by atoms with Crippen LogP contribution in [0.1, 0.15) is 12.0 Å². The van der Waals surface area contributed by atoms with Crippen molar-refractivity contribution in [2.75, 3.05) is 7.05 Å². The second-order valence-corrected chi connectivity index (χ2v) is 3.63.